The molecule has 59 heavy (non-hydrogen) atoms. The van der Waals surface area contributed by atoms with E-state index in [0.29, 0.717) is 85.1 Å². The molecule has 304 valence electrons. The third-order valence-electron chi connectivity index (χ3n) is 10.6. The predicted octanol–water partition coefficient (Wildman–Crippen LogP) is 1.43. The van der Waals surface area contributed by atoms with Gasteiger partial charge in [-0.15, -0.1) is 0 Å². The normalized spacial score (nSPS) is 19.8. The van der Waals surface area contributed by atoms with E-state index in [9.17, 15) is 34.0 Å². The van der Waals surface area contributed by atoms with Gasteiger partial charge in [0, 0.05) is 67.0 Å². The molecule has 5 heterocycles. The Balaban J connectivity index is 0.713. The van der Waals surface area contributed by atoms with E-state index in [1.165, 1.54) is 18.5 Å². The van der Waals surface area contributed by atoms with Crippen molar-refractivity contribution in [2.24, 2.45) is 5.92 Å². The van der Waals surface area contributed by atoms with Crippen molar-refractivity contribution in [1.29, 1.82) is 5.26 Å². The zero-order valence-corrected chi connectivity index (χ0v) is 31.9. The van der Waals surface area contributed by atoms with E-state index in [1.54, 1.807) is 35.1 Å². The van der Waals surface area contributed by atoms with Gasteiger partial charge < -0.3 is 30.7 Å². The van der Waals surface area contributed by atoms with Crippen LogP contribution in [0.3, 0.4) is 0 Å². The van der Waals surface area contributed by atoms with E-state index in [0.717, 1.165) is 17.7 Å². The van der Waals surface area contributed by atoms with Crippen LogP contribution in [0.5, 0.6) is 0 Å². The summed E-state index contributed by atoms with van der Waals surface area (Å²) >= 11 is 0. The number of carbonyl (C=O) groups is 6. The van der Waals surface area contributed by atoms with Crippen LogP contribution < -0.4 is 26.6 Å². The standard InChI is InChI=1S/C40H41N11O8/c41-18-22-14-24-20-46-51(35(24)45-19-22)32-17-30(47-25-4-5-25)28(21-44-32)37(54)48-26-15-23(16-26)36(53)43-9-11-59-13-12-58-10-8-42-29-3-1-2-27-34(29)40(57)50(39(27)56)31-6-7-33(52)49-38(31)55/h1-3,14,17,19-21,23,25-26,31,42H,4-13,15-16H2,(H,43,53)(H,44,47)(H,48,54)(H,49,52,55). The van der Waals surface area contributed by atoms with Gasteiger partial charge in [-0.3, -0.25) is 39.0 Å². The number of hydrogen-bond donors (Lipinski definition) is 5. The highest BCUT2D eigenvalue weighted by atomic mass is 16.5. The Bertz CT molecular complexity index is 2380. The summed E-state index contributed by atoms with van der Waals surface area (Å²) in [6.45, 7) is 1.84. The first kappa shape index (κ1) is 39.1. The van der Waals surface area contributed by atoms with Gasteiger partial charge in [0.05, 0.1) is 60.6 Å². The summed E-state index contributed by atoms with van der Waals surface area (Å²) in [5.41, 5.74) is 2.83. The first-order valence-corrected chi connectivity index (χ1v) is 19.5. The molecule has 3 fully saturated rings. The number of ether oxygens (including phenoxy) is 2. The molecule has 1 atom stereocenters. The fraction of sp³-hybridized carbons (Fsp3) is 0.400. The van der Waals surface area contributed by atoms with Crippen LogP contribution in [-0.2, 0) is 23.9 Å². The molecule has 0 spiro atoms. The van der Waals surface area contributed by atoms with E-state index < -0.39 is 29.7 Å². The number of nitrogens with one attached hydrogen (secondary N) is 5. The molecule has 1 saturated heterocycles. The summed E-state index contributed by atoms with van der Waals surface area (Å²) in [7, 11) is 0. The molecule has 0 bridgehead atoms. The number of imide groups is 2. The number of benzene rings is 1. The Labute approximate surface area is 337 Å². The molecule has 5 N–H and O–H groups in total. The predicted molar refractivity (Wildman–Crippen MR) is 208 cm³/mol. The molecule has 2 aliphatic heterocycles. The Morgan fingerprint density at radius 2 is 1.69 bits per heavy atom. The number of fused-ring (bicyclic) bond motifs is 2. The van der Waals surface area contributed by atoms with Crippen molar-refractivity contribution in [3.63, 3.8) is 0 Å². The molecule has 19 nitrogen and oxygen atoms in total. The first-order chi connectivity index (χ1) is 28.7. The van der Waals surface area contributed by atoms with Crippen molar-refractivity contribution >= 4 is 57.9 Å². The molecule has 8 rings (SSSR count). The van der Waals surface area contributed by atoms with Crippen molar-refractivity contribution in [1.82, 2.24) is 40.6 Å². The smallest absolute Gasteiger partial charge is 0.264 e. The highest BCUT2D eigenvalue weighted by molar-refractivity contribution is 6.25. The lowest BCUT2D eigenvalue weighted by atomic mass is 9.79. The van der Waals surface area contributed by atoms with Crippen molar-refractivity contribution in [3.8, 4) is 11.9 Å². The number of aromatic nitrogens is 4. The van der Waals surface area contributed by atoms with Gasteiger partial charge in [-0.2, -0.15) is 15.0 Å². The summed E-state index contributed by atoms with van der Waals surface area (Å²) in [4.78, 5) is 86.0. The van der Waals surface area contributed by atoms with Gasteiger partial charge in [-0.05, 0) is 50.3 Å². The van der Waals surface area contributed by atoms with Gasteiger partial charge >= 0.3 is 0 Å². The van der Waals surface area contributed by atoms with Gasteiger partial charge in [-0.1, -0.05) is 6.07 Å². The van der Waals surface area contributed by atoms with Crippen LogP contribution in [0.25, 0.3) is 16.9 Å². The number of carbonyl (C=O) groups excluding carboxylic acids is 6. The Morgan fingerprint density at radius 3 is 2.46 bits per heavy atom. The van der Waals surface area contributed by atoms with E-state index in [2.05, 4.69) is 47.7 Å². The topological polar surface area (TPSA) is 252 Å². The number of anilines is 2. The zero-order chi connectivity index (χ0) is 41.0. The van der Waals surface area contributed by atoms with Crippen LogP contribution in [0.15, 0.2) is 48.9 Å². The summed E-state index contributed by atoms with van der Waals surface area (Å²) < 4.78 is 12.8. The molecule has 0 radical (unpaired) electrons. The SMILES string of the molecule is N#Cc1cnc2c(cnn2-c2cc(NC3CC3)c(C(=O)NC3CC(C(=O)NCCOCCOCCNc4cccc5c4C(=O)N(C4CCC(=O)NC4=O)C5=O)C3)cn2)c1. The highest BCUT2D eigenvalue weighted by Crippen LogP contribution is 2.33. The maximum absolute atomic E-state index is 13.4. The molecule has 1 aromatic carbocycles. The zero-order valence-electron chi connectivity index (χ0n) is 31.9. The minimum atomic E-state index is -1.04. The minimum Gasteiger partial charge on any atom is -0.382 e. The molecule has 4 aliphatic rings. The summed E-state index contributed by atoms with van der Waals surface area (Å²) in [5, 5.41) is 28.9. The van der Waals surface area contributed by atoms with Crippen LogP contribution in [0.2, 0.25) is 0 Å². The average molecular weight is 804 g/mol. The first-order valence-electron chi connectivity index (χ1n) is 19.5. The molecule has 1 unspecified atom stereocenters. The number of pyridine rings is 2. The van der Waals surface area contributed by atoms with E-state index in [4.69, 9.17) is 9.47 Å². The van der Waals surface area contributed by atoms with Crippen LogP contribution in [-0.4, -0.2) is 118 Å². The molecule has 2 saturated carbocycles. The van der Waals surface area contributed by atoms with Crippen molar-refractivity contribution in [2.45, 2.75) is 56.7 Å². The van der Waals surface area contributed by atoms with Gasteiger partial charge in [0.25, 0.3) is 17.7 Å². The summed E-state index contributed by atoms with van der Waals surface area (Å²) in [6.07, 6.45) is 7.78. The van der Waals surface area contributed by atoms with Gasteiger partial charge in [-0.25, -0.2) is 9.97 Å². The molecule has 4 aromatic rings. The molecule has 3 aromatic heterocycles. The summed E-state index contributed by atoms with van der Waals surface area (Å²) in [5.74, 6) is -2.37. The van der Waals surface area contributed by atoms with E-state index in [-0.39, 0.29) is 60.4 Å². The van der Waals surface area contributed by atoms with Crippen molar-refractivity contribution in [2.75, 3.05) is 50.2 Å². The highest BCUT2D eigenvalue weighted by Gasteiger charge is 2.45. The Kier molecular flexibility index (Phi) is 11.2. The lowest BCUT2D eigenvalue weighted by Gasteiger charge is -2.34. The average Bonchev–Trinajstić information content (AvgIpc) is 3.87. The molecule has 19 heteroatoms. The minimum absolute atomic E-state index is 0.0461. The molecule has 2 aliphatic carbocycles. The lowest BCUT2D eigenvalue weighted by Crippen LogP contribution is -2.54. The number of amides is 6. The third kappa shape index (κ3) is 8.44. The van der Waals surface area contributed by atoms with Crippen molar-refractivity contribution in [3.05, 3.63) is 71.2 Å². The largest absolute Gasteiger partial charge is 0.382 e. The molecular formula is C40H41N11O8. The van der Waals surface area contributed by atoms with Gasteiger partial charge in [0.15, 0.2) is 11.5 Å². The fourth-order valence-electron chi connectivity index (χ4n) is 7.30. The second kappa shape index (κ2) is 17.0. The quantitative estimate of drug-likeness (QED) is 0.0749. The number of rotatable bonds is 17. The van der Waals surface area contributed by atoms with E-state index >= 15 is 0 Å². The molecular weight excluding hydrogens is 763 g/mol. The van der Waals surface area contributed by atoms with Crippen molar-refractivity contribution < 1.29 is 38.2 Å². The summed E-state index contributed by atoms with van der Waals surface area (Å²) in [6, 6.07) is 9.49. The van der Waals surface area contributed by atoms with E-state index in [1.807, 2.05) is 0 Å². The van der Waals surface area contributed by atoms with Gasteiger partial charge in [0.2, 0.25) is 17.7 Å². The second-order valence-electron chi connectivity index (χ2n) is 14.8. The number of hydrogen-bond acceptors (Lipinski definition) is 14. The van der Waals surface area contributed by atoms with Crippen LogP contribution in [0.1, 0.15) is 75.2 Å². The lowest BCUT2D eigenvalue weighted by molar-refractivity contribution is -0.136. The van der Waals surface area contributed by atoms with Gasteiger partial charge in [0.1, 0.15) is 12.1 Å². The van der Waals surface area contributed by atoms with Crippen LogP contribution >= 0.6 is 0 Å². The Morgan fingerprint density at radius 1 is 0.898 bits per heavy atom. The number of nitriles is 1. The Hall–Kier alpha value is -6.78. The monoisotopic (exact) mass is 803 g/mol. The number of piperidine rings is 1. The maximum Gasteiger partial charge on any atom is 0.264 e. The number of nitrogens with zero attached hydrogens (tertiary/aromatic N) is 6. The fourth-order valence-corrected chi connectivity index (χ4v) is 7.30. The third-order valence-corrected chi connectivity index (χ3v) is 10.6. The van der Waals surface area contributed by atoms with Crippen LogP contribution in [0, 0.1) is 17.2 Å². The maximum atomic E-state index is 13.4. The second-order valence-corrected chi connectivity index (χ2v) is 14.8. The van der Waals surface area contributed by atoms with Crippen LogP contribution in [0.4, 0.5) is 11.4 Å². The molecule has 6 amide bonds.